The molecule has 4 heteroatoms. The lowest BCUT2D eigenvalue weighted by Crippen LogP contribution is -2.30. The maximum atomic E-state index is 13.4. The molecule has 0 aliphatic heterocycles. The van der Waals surface area contributed by atoms with Crippen LogP contribution in [0.2, 0.25) is 5.02 Å². The normalized spacial score (nSPS) is 13.2. The molecule has 0 saturated heterocycles. The van der Waals surface area contributed by atoms with Gasteiger partial charge in [0.25, 0.3) is 0 Å². The van der Waals surface area contributed by atoms with Crippen molar-refractivity contribution in [3.63, 3.8) is 0 Å². The van der Waals surface area contributed by atoms with Gasteiger partial charge in [-0.2, -0.15) is 0 Å². The summed E-state index contributed by atoms with van der Waals surface area (Å²) in [5.74, 6) is -0.201. The van der Waals surface area contributed by atoms with E-state index in [9.17, 15) is 4.39 Å². The van der Waals surface area contributed by atoms with Crippen LogP contribution in [0, 0.1) is 5.82 Å². The van der Waals surface area contributed by atoms with Crippen LogP contribution in [0.25, 0.3) is 0 Å². The highest BCUT2D eigenvalue weighted by Crippen LogP contribution is 2.17. The summed E-state index contributed by atoms with van der Waals surface area (Å²) in [5.41, 5.74) is 0.637. The van der Waals surface area contributed by atoms with Crippen LogP contribution in [0.4, 0.5) is 4.39 Å². The fourth-order valence-corrected chi connectivity index (χ4v) is 1.90. The zero-order chi connectivity index (χ0) is 11.4. The van der Waals surface area contributed by atoms with E-state index in [0.717, 1.165) is 5.33 Å². The Morgan fingerprint density at radius 2 is 2.20 bits per heavy atom. The minimum atomic E-state index is -0.201. The third-order valence-corrected chi connectivity index (χ3v) is 3.58. The molecule has 0 spiro atoms. The van der Waals surface area contributed by atoms with Gasteiger partial charge in [-0.3, -0.25) is 4.90 Å². The second-order valence-corrected chi connectivity index (χ2v) is 4.74. The molecule has 1 aromatic carbocycles. The van der Waals surface area contributed by atoms with E-state index in [4.69, 9.17) is 11.6 Å². The zero-order valence-corrected chi connectivity index (χ0v) is 11.1. The highest BCUT2D eigenvalue weighted by molar-refractivity contribution is 9.09. The fraction of sp³-hybridized carbons (Fsp3) is 0.455. The number of hydrogen-bond donors (Lipinski definition) is 0. The van der Waals surface area contributed by atoms with Gasteiger partial charge < -0.3 is 0 Å². The molecule has 0 heterocycles. The van der Waals surface area contributed by atoms with E-state index in [-0.39, 0.29) is 5.82 Å². The summed E-state index contributed by atoms with van der Waals surface area (Å²) < 4.78 is 13.4. The van der Waals surface area contributed by atoms with Crippen LogP contribution in [0.1, 0.15) is 12.5 Å². The first kappa shape index (κ1) is 12.9. The van der Waals surface area contributed by atoms with Crippen molar-refractivity contribution in [2.45, 2.75) is 19.5 Å². The van der Waals surface area contributed by atoms with Gasteiger partial charge >= 0.3 is 0 Å². The molecule has 1 nitrogen and oxygen atoms in total. The van der Waals surface area contributed by atoms with Gasteiger partial charge in [-0.1, -0.05) is 27.5 Å². The molecule has 0 saturated carbocycles. The van der Waals surface area contributed by atoms with E-state index in [2.05, 4.69) is 27.8 Å². The zero-order valence-electron chi connectivity index (χ0n) is 8.80. The fourth-order valence-electron chi connectivity index (χ4n) is 1.21. The highest BCUT2D eigenvalue weighted by Gasteiger charge is 2.11. The van der Waals surface area contributed by atoms with Gasteiger partial charge in [-0.05, 0) is 32.2 Å². The Bertz CT molecular complexity index is 332. The van der Waals surface area contributed by atoms with Gasteiger partial charge in [0.2, 0.25) is 0 Å². The van der Waals surface area contributed by atoms with Crippen LogP contribution in [0.15, 0.2) is 18.2 Å². The number of benzene rings is 1. The van der Waals surface area contributed by atoms with Crippen molar-refractivity contribution in [1.29, 1.82) is 0 Å². The maximum absolute atomic E-state index is 13.4. The summed E-state index contributed by atoms with van der Waals surface area (Å²) >= 11 is 9.22. The molecule has 0 radical (unpaired) electrons. The molecule has 0 aromatic heterocycles. The van der Waals surface area contributed by atoms with Crippen LogP contribution in [-0.2, 0) is 6.54 Å². The molecule has 0 N–H and O–H groups in total. The van der Waals surface area contributed by atoms with Crippen molar-refractivity contribution >= 4 is 27.5 Å². The van der Waals surface area contributed by atoms with E-state index >= 15 is 0 Å². The first-order chi connectivity index (χ1) is 7.04. The number of nitrogens with zero attached hydrogens (tertiary/aromatic N) is 1. The van der Waals surface area contributed by atoms with Gasteiger partial charge in [0.15, 0.2) is 0 Å². The Kier molecular flexibility index (Phi) is 5.03. The summed E-state index contributed by atoms with van der Waals surface area (Å²) in [6.45, 7) is 2.65. The molecule has 84 valence electrons. The molecule has 1 aromatic rings. The van der Waals surface area contributed by atoms with Crippen LogP contribution >= 0.6 is 27.5 Å². The molecule has 0 fully saturated rings. The average molecular weight is 295 g/mol. The summed E-state index contributed by atoms with van der Waals surface area (Å²) in [4.78, 5) is 2.07. The van der Waals surface area contributed by atoms with Crippen LogP contribution in [0.5, 0.6) is 0 Å². The molecule has 1 atom stereocenters. The highest BCUT2D eigenvalue weighted by atomic mass is 79.9. The molecule has 0 aliphatic rings. The Balaban J connectivity index is 2.75. The Hall–Kier alpha value is -0.120. The number of halogens is 3. The van der Waals surface area contributed by atoms with Gasteiger partial charge in [0.1, 0.15) is 5.82 Å². The van der Waals surface area contributed by atoms with Crippen molar-refractivity contribution in [2.75, 3.05) is 12.4 Å². The van der Waals surface area contributed by atoms with Gasteiger partial charge in [0, 0.05) is 28.5 Å². The van der Waals surface area contributed by atoms with E-state index < -0.39 is 0 Å². The molecular weight excluding hydrogens is 280 g/mol. The van der Waals surface area contributed by atoms with E-state index in [1.165, 1.54) is 6.07 Å². The lowest BCUT2D eigenvalue weighted by atomic mass is 10.2. The third kappa shape index (κ3) is 3.74. The largest absolute Gasteiger partial charge is 0.299 e. The predicted molar refractivity (Wildman–Crippen MR) is 66.1 cm³/mol. The van der Waals surface area contributed by atoms with Gasteiger partial charge in [-0.25, -0.2) is 4.39 Å². The summed E-state index contributed by atoms with van der Waals surface area (Å²) in [5, 5.41) is 1.44. The molecular formula is C11H14BrClFN. The molecule has 1 unspecified atom stereocenters. The number of rotatable bonds is 4. The summed E-state index contributed by atoms with van der Waals surface area (Å²) in [6.07, 6.45) is 0. The maximum Gasteiger partial charge on any atom is 0.127 e. The Morgan fingerprint density at radius 1 is 1.53 bits per heavy atom. The quantitative estimate of drug-likeness (QED) is 0.766. The minimum Gasteiger partial charge on any atom is -0.299 e. The topological polar surface area (TPSA) is 3.24 Å². The average Bonchev–Trinajstić information content (AvgIpc) is 2.22. The minimum absolute atomic E-state index is 0.201. The monoisotopic (exact) mass is 293 g/mol. The Morgan fingerprint density at radius 3 is 2.80 bits per heavy atom. The van der Waals surface area contributed by atoms with E-state index in [1.54, 1.807) is 12.1 Å². The molecule has 0 bridgehead atoms. The van der Waals surface area contributed by atoms with Crippen molar-refractivity contribution in [1.82, 2.24) is 4.90 Å². The first-order valence-corrected chi connectivity index (χ1v) is 6.24. The first-order valence-electron chi connectivity index (χ1n) is 4.74. The molecule has 0 amide bonds. The standard InChI is InChI=1S/C11H14BrClFN/c1-8(6-12)15(2)7-9-5-10(13)3-4-11(9)14/h3-5,8H,6-7H2,1-2H3. The van der Waals surface area contributed by atoms with Crippen LogP contribution in [0.3, 0.4) is 0 Å². The van der Waals surface area contributed by atoms with Gasteiger partial charge in [0.05, 0.1) is 0 Å². The molecule has 15 heavy (non-hydrogen) atoms. The SMILES string of the molecule is CC(CBr)N(C)Cc1cc(Cl)ccc1F. The van der Waals surface area contributed by atoms with Gasteiger partial charge in [-0.15, -0.1) is 0 Å². The second-order valence-electron chi connectivity index (χ2n) is 3.65. The smallest absolute Gasteiger partial charge is 0.127 e. The van der Waals surface area contributed by atoms with E-state index in [1.807, 2.05) is 7.05 Å². The van der Waals surface area contributed by atoms with Crippen molar-refractivity contribution in [2.24, 2.45) is 0 Å². The van der Waals surface area contributed by atoms with E-state index in [0.29, 0.717) is 23.2 Å². The third-order valence-electron chi connectivity index (χ3n) is 2.40. The lowest BCUT2D eigenvalue weighted by molar-refractivity contribution is 0.267. The van der Waals surface area contributed by atoms with Crippen LogP contribution < -0.4 is 0 Å². The molecule has 1 rings (SSSR count). The summed E-state index contributed by atoms with van der Waals surface area (Å²) in [6, 6.07) is 5.01. The summed E-state index contributed by atoms with van der Waals surface area (Å²) in [7, 11) is 1.96. The van der Waals surface area contributed by atoms with Crippen molar-refractivity contribution in [3.05, 3.63) is 34.6 Å². The van der Waals surface area contributed by atoms with Crippen molar-refractivity contribution < 1.29 is 4.39 Å². The predicted octanol–water partition coefficient (Wildman–Crippen LogP) is 3.69. The number of hydrogen-bond acceptors (Lipinski definition) is 1. The van der Waals surface area contributed by atoms with Crippen LogP contribution in [-0.4, -0.2) is 23.3 Å². The lowest BCUT2D eigenvalue weighted by Gasteiger charge is -2.23. The Labute approximate surface area is 103 Å². The number of alkyl halides is 1. The van der Waals surface area contributed by atoms with Crippen molar-refractivity contribution in [3.8, 4) is 0 Å². The second kappa shape index (κ2) is 5.83. The molecule has 0 aliphatic carbocycles.